The molecule has 2 aromatic rings. The van der Waals surface area contributed by atoms with Gasteiger partial charge in [-0.2, -0.15) is 5.10 Å². The molecule has 0 unspecified atom stereocenters. The van der Waals surface area contributed by atoms with Gasteiger partial charge in [-0.1, -0.05) is 13.8 Å². The molecule has 0 atom stereocenters. The minimum Gasteiger partial charge on any atom is -0.350 e. The van der Waals surface area contributed by atoms with Crippen molar-refractivity contribution in [2.24, 2.45) is 13.0 Å². The van der Waals surface area contributed by atoms with Gasteiger partial charge in [-0.05, 0) is 24.1 Å². The van der Waals surface area contributed by atoms with E-state index in [0.717, 1.165) is 17.0 Å². The third-order valence-corrected chi connectivity index (χ3v) is 2.97. The van der Waals surface area contributed by atoms with Crippen LogP contribution in [0.3, 0.4) is 0 Å². The maximum atomic E-state index is 11.6. The summed E-state index contributed by atoms with van der Waals surface area (Å²) >= 11 is 0. The fourth-order valence-corrected chi connectivity index (χ4v) is 2.04. The number of nitrogens with one attached hydrogen (secondary N) is 1. The Labute approximate surface area is 119 Å². The Balaban J connectivity index is 2.03. The van der Waals surface area contributed by atoms with Crippen LogP contribution in [0, 0.1) is 5.92 Å². The van der Waals surface area contributed by atoms with Gasteiger partial charge in [0.2, 0.25) is 5.91 Å². The molecule has 0 aliphatic rings. The Morgan fingerprint density at radius 3 is 2.70 bits per heavy atom. The molecule has 2 heterocycles. The number of nitrogens with zero attached hydrogens (tertiary/aromatic N) is 3. The van der Waals surface area contributed by atoms with Crippen molar-refractivity contribution in [3.63, 3.8) is 0 Å². The van der Waals surface area contributed by atoms with Gasteiger partial charge in [-0.15, -0.1) is 0 Å². The van der Waals surface area contributed by atoms with E-state index in [1.807, 2.05) is 43.8 Å². The summed E-state index contributed by atoms with van der Waals surface area (Å²) in [7, 11) is 1.90. The lowest BCUT2D eigenvalue weighted by Crippen LogP contribution is -2.24. The minimum atomic E-state index is 0.0658. The average Bonchev–Trinajstić information content (AvgIpc) is 2.78. The lowest BCUT2D eigenvalue weighted by molar-refractivity contribution is -0.121. The summed E-state index contributed by atoms with van der Waals surface area (Å²) in [4.78, 5) is 15.6. The van der Waals surface area contributed by atoms with Crippen molar-refractivity contribution >= 4 is 5.91 Å². The number of amides is 1. The molecule has 0 aliphatic carbocycles. The molecule has 2 aromatic heterocycles. The Kier molecular flexibility index (Phi) is 4.50. The largest absolute Gasteiger partial charge is 0.350 e. The van der Waals surface area contributed by atoms with Gasteiger partial charge < -0.3 is 5.32 Å². The van der Waals surface area contributed by atoms with E-state index in [2.05, 4.69) is 15.4 Å². The van der Waals surface area contributed by atoms with Gasteiger partial charge in [0.15, 0.2) is 0 Å². The maximum Gasteiger partial charge on any atom is 0.220 e. The summed E-state index contributed by atoms with van der Waals surface area (Å²) in [6.45, 7) is 4.52. The predicted octanol–water partition coefficient (Wildman–Crippen LogP) is 2.14. The van der Waals surface area contributed by atoms with Crippen molar-refractivity contribution in [3.8, 4) is 11.3 Å². The van der Waals surface area contributed by atoms with Gasteiger partial charge in [0.05, 0.1) is 17.9 Å². The van der Waals surface area contributed by atoms with E-state index in [0.29, 0.717) is 18.9 Å². The van der Waals surface area contributed by atoms with Gasteiger partial charge in [0.1, 0.15) is 0 Å². The first kappa shape index (κ1) is 14.2. The molecule has 5 heteroatoms. The molecule has 1 N–H and O–H groups in total. The van der Waals surface area contributed by atoms with Gasteiger partial charge in [0, 0.05) is 31.4 Å². The minimum absolute atomic E-state index is 0.0658. The van der Waals surface area contributed by atoms with Gasteiger partial charge >= 0.3 is 0 Å². The Morgan fingerprint density at radius 1 is 1.35 bits per heavy atom. The zero-order chi connectivity index (χ0) is 14.5. The highest BCUT2D eigenvalue weighted by atomic mass is 16.1. The van der Waals surface area contributed by atoms with E-state index in [1.165, 1.54) is 0 Å². The van der Waals surface area contributed by atoms with Gasteiger partial charge in [-0.3, -0.25) is 14.5 Å². The zero-order valence-electron chi connectivity index (χ0n) is 12.1. The predicted molar refractivity (Wildman–Crippen MR) is 77.7 cm³/mol. The van der Waals surface area contributed by atoms with E-state index in [4.69, 9.17) is 0 Å². The summed E-state index contributed by atoms with van der Waals surface area (Å²) < 4.78 is 1.82. The van der Waals surface area contributed by atoms with Crippen molar-refractivity contribution in [2.45, 2.75) is 26.8 Å². The molecule has 0 bridgehead atoms. The first-order valence-corrected chi connectivity index (χ1v) is 6.76. The fraction of sp³-hybridized carbons (Fsp3) is 0.400. The molecule has 0 saturated heterocycles. The normalized spacial score (nSPS) is 10.8. The van der Waals surface area contributed by atoms with Crippen LogP contribution in [0.5, 0.6) is 0 Å². The Hall–Kier alpha value is -2.17. The highest BCUT2D eigenvalue weighted by Crippen LogP contribution is 2.18. The summed E-state index contributed by atoms with van der Waals surface area (Å²) in [6, 6.07) is 5.88. The highest BCUT2D eigenvalue weighted by Gasteiger charge is 2.09. The second kappa shape index (κ2) is 6.32. The number of hydrogen-bond acceptors (Lipinski definition) is 3. The van der Waals surface area contributed by atoms with Crippen LogP contribution < -0.4 is 5.32 Å². The van der Waals surface area contributed by atoms with Gasteiger partial charge in [-0.25, -0.2) is 0 Å². The Bertz CT molecular complexity index is 575. The molecular formula is C15H20N4O. The number of pyridine rings is 1. The van der Waals surface area contributed by atoms with Gasteiger partial charge in [0.25, 0.3) is 0 Å². The highest BCUT2D eigenvalue weighted by molar-refractivity contribution is 5.76. The smallest absolute Gasteiger partial charge is 0.220 e. The monoisotopic (exact) mass is 272 g/mol. The van der Waals surface area contributed by atoms with Crippen molar-refractivity contribution in [1.82, 2.24) is 20.1 Å². The first-order chi connectivity index (χ1) is 9.56. The van der Waals surface area contributed by atoms with Crippen molar-refractivity contribution in [3.05, 3.63) is 36.3 Å². The lowest BCUT2D eigenvalue weighted by Gasteiger charge is -2.04. The third-order valence-electron chi connectivity index (χ3n) is 2.97. The molecule has 0 aromatic carbocycles. The van der Waals surface area contributed by atoms with E-state index >= 15 is 0 Å². The molecular weight excluding hydrogens is 252 g/mol. The van der Waals surface area contributed by atoms with Crippen molar-refractivity contribution in [2.75, 3.05) is 0 Å². The van der Waals surface area contributed by atoms with E-state index in [-0.39, 0.29) is 5.91 Å². The van der Waals surface area contributed by atoms with E-state index in [1.54, 1.807) is 12.4 Å². The number of carbonyl (C=O) groups is 1. The summed E-state index contributed by atoms with van der Waals surface area (Å²) in [5.74, 6) is 0.433. The maximum absolute atomic E-state index is 11.6. The van der Waals surface area contributed by atoms with Crippen LogP contribution in [0.25, 0.3) is 11.3 Å². The molecule has 1 amide bonds. The van der Waals surface area contributed by atoms with Crippen molar-refractivity contribution < 1.29 is 4.79 Å². The molecule has 106 valence electrons. The second-order valence-electron chi connectivity index (χ2n) is 5.26. The van der Waals surface area contributed by atoms with Crippen LogP contribution in [0.1, 0.15) is 26.0 Å². The first-order valence-electron chi connectivity index (χ1n) is 6.76. The number of carbonyl (C=O) groups excluding carboxylic acids is 1. The van der Waals surface area contributed by atoms with Crippen molar-refractivity contribution in [1.29, 1.82) is 0 Å². The van der Waals surface area contributed by atoms with E-state index < -0.39 is 0 Å². The number of rotatable bonds is 5. The molecule has 0 aliphatic heterocycles. The van der Waals surface area contributed by atoms with Crippen LogP contribution in [-0.4, -0.2) is 20.7 Å². The van der Waals surface area contributed by atoms with Crippen LogP contribution in [0.4, 0.5) is 0 Å². The SMILES string of the molecule is CC(C)CC(=O)NCc1cc(-c2ccncc2)n(C)n1. The summed E-state index contributed by atoms with van der Waals surface area (Å²) in [5.41, 5.74) is 2.94. The second-order valence-corrected chi connectivity index (χ2v) is 5.26. The molecule has 0 saturated carbocycles. The number of hydrogen-bond donors (Lipinski definition) is 1. The molecule has 2 rings (SSSR count). The molecule has 0 radical (unpaired) electrons. The topological polar surface area (TPSA) is 59.8 Å². The summed E-state index contributed by atoms with van der Waals surface area (Å²) in [5, 5.41) is 7.31. The van der Waals surface area contributed by atoms with Crippen LogP contribution in [0.15, 0.2) is 30.6 Å². The third kappa shape index (κ3) is 3.66. The standard InChI is InChI=1S/C15H20N4O/c1-11(2)8-15(20)17-10-13-9-14(19(3)18-13)12-4-6-16-7-5-12/h4-7,9,11H,8,10H2,1-3H3,(H,17,20). The molecule has 20 heavy (non-hydrogen) atoms. The summed E-state index contributed by atoms with van der Waals surface area (Å²) in [6.07, 6.45) is 4.06. The quantitative estimate of drug-likeness (QED) is 0.907. The molecule has 0 spiro atoms. The van der Waals surface area contributed by atoms with Crippen LogP contribution >= 0.6 is 0 Å². The zero-order valence-corrected chi connectivity index (χ0v) is 12.1. The number of aryl methyl sites for hydroxylation is 1. The van der Waals surface area contributed by atoms with E-state index in [9.17, 15) is 4.79 Å². The fourth-order valence-electron chi connectivity index (χ4n) is 2.04. The van der Waals surface area contributed by atoms with Crippen LogP contribution in [0.2, 0.25) is 0 Å². The number of aromatic nitrogens is 3. The molecule has 5 nitrogen and oxygen atoms in total. The lowest BCUT2D eigenvalue weighted by atomic mass is 10.1. The Morgan fingerprint density at radius 2 is 2.05 bits per heavy atom. The molecule has 0 fully saturated rings. The van der Waals surface area contributed by atoms with Crippen LogP contribution in [-0.2, 0) is 18.4 Å². The average molecular weight is 272 g/mol.